The molecule has 0 aliphatic heterocycles. The Kier molecular flexibility index (Phi) is 5.20. The predicted octanol–water partition coefficient (Wildman–Crippen LogP) is 2.33. The molecular weight excluding hydrogens is 268 g/mol. The Bertz CT molecular complexity index is 516. The molecule has 5 heteroatoms. The van der Waals surface area contributed by atoms with Crippen molar-refractivity contribution in [3.8, 4) is 5.75 Å². The molecule has 2 amide bonds. The van der Waals surface area contributed by atoms with Crippen LogP contribution in [0.5, 0.6) is 5.75 Å². The second-order valence-corrected chi connectivity index (χ2v) is 5.50. The van der Waals surface area contributed by atoms with Crippen LogP contribution in [0.25, 0.3) is 0 Å². The van der Waals surface area contributed by atoms with E-state index in [1.165, 1.54) is 13.5 Å². The van der Waals surface area contributed by atoms with Gasteiger partial charge in [-0.2, -0.15) is 0 Å². The van der Waals surface area contributed by atoms with E-state index in [0.717, 1.165) is 19.3 Å². The molecule has 2 unspecified atom stereocenters. The van der Waals surface area contributed by atoms with E-state index in [2.05, 4.69) is 17.6 Å². The fourth-order valence-electron chi connectivity index (χ4n) is 2.69. The van der Waals surface area contributed by atoms with E-state index in [9.17, 15) is 9.59 Å². The average Bonchev–Trinajstić information content (AvgIpc) is 2.50. The largest absolute Gasteiger partial charge is 0.495 e. The number of carbonyl (C=O) groups is 2. The van der Waals surface area contributed by atoms with Gasteiger partial charge < -0.3 is 15.4 Å². The van der Waals surface area contributed by atoms with Crippen LogP contribution in [0.2, 0.25) is 0 Å². The number of hydrogen-bond acceptors (Lipinski definition) is 3. The molecule has 0 bridgehead atoms. The first kappa shape index (κ1) is 15.4. The highest BCUT2D eigenvalue weighted by molar-refractivity contribution is 6.39. The molecule has 1 aromatic carbocycles. The fourth-order valence-corrected chi connectivity index (χ4v) is 2.69. The van der Waals surface area contributed by atoms with E-state index in [1.54, 1.807) is 24.3 Å². The molecular formula is C16H22N2O3. The number of hydrogen-bond donors (Lipinski definition) is 2. The first-order chi connectivity index (χ1) is 10.1. The number of nitrogens with one attached hydrogen (secondary N) is 2. The standard InChI is InChI=1S/C16H22N2O3/c1-11-7-3-4-8-12(11)17-15(19)16(20)18-13-9-5-6-10-14(13)21-2/h5-6,9-12H,3-4,7-8H2,1-2H3,(H,17,19)(H,18,20). The maximum absolute atomic E-state index is 12.0. The van der Waals surface area contributed by atoms with E-state index in [-0.39, 0.29) is 6.04 Å². The molecule has 0 saturated heterocycles. The van der Waals surface area contributed by atoms with Crippen molar-refractivity contribution in [2.45, 2.75) is 38.6 Å². The molecule has 0 aromatic heterocycles. The van der Waals surface area contributed by atoms with Crippen molar-refractivity contribution in [3.63, 3.8) is 0 Å². The summed E-state index contributed by atoms with van der Waals surface area (Å²) in [7, 11) is 1.52. The summed E-state index contributed by atoms with van der Waals surface area (Å²) in [6.45, 7) is 2.11. The lowest BCUT2D eigenvalue weighted by Crippen LogP contribution is -2.45. The molecule has 1 aliphatic carbocycles. The van der Waals surface area contributed by atoms with E-state index in [0.29, 0.717) is 17.4 Å². The summed E-state index contributed by atoms with van der Waals surface area (Å²) in [5.41, 5.74) is 0.497. The Balaban J connectivity index is 1.94. The molecule has 2 rings (SSSR count). The smallest absolute Gasteiger partial charge is 0.313 e. The lowest BCUT2D eigenvalue weighted by Gasteiger charge is -2.29. The molecule has 2 N–H and O–H groups in total. The summed E-state index contributed by atoms with van der Waals surface area (Å²) in [6.07, 6.45) is 4.33. The molecule has 1 aliphatic rings. The highest BCUT2D eigenvalue weighted by Gasteiger charge is 2.25. The van der Waals surface area contributed by atoms with Gasteiger partial charge in [0.05, 0.1) is 12.8 Å². The quantitative estimate of drug-likeness (QED) is 0.840. The minimum absolute atomic E-state index is 0.0923. The Morgan fingerprint density at radius 2 is 1.86 bits per heavy atom. The van der Waals surface area contributed by atoms with Gasteiger partial charge in [0, 0.05) is 6.04 Å². The van der Waals surface area contributed by atoms with Crippen LogP contribution in [0.1, 0.15) is 32.6 Å². The van der Waals surface area contributed by atoms with Crippen LogP contribution >= 0.6 is 0 Å². The third kappa shape index (κ3) is 3.97. The van der Waals surface area contributed by atoms with Gasteiger partial charge in [-0.15, -0.1) is 0 Å². The number of amides is 2. The molecule has 0 radical (unpaired) electrons. The highest BCUT2D eigenvalue weighted by atomic mass is 16.5. The Hall–Kier alpha value is -2.04. The van der Waals surface area contributed by atoms with Gasteiger partial charge in [0.25, 0.3) is 0 Å². The highest BCUT2D eigenvalue weighted by Crippen LogP contribution is 2.24. The summed E-state index contributed by atoms with van der Waals surface area (Å²) in [5, 5.41) is 5.42. The van der Waals surface area contributed by atoms with Gasteiger partial charge in [0.15, 0.2) is 0 Å². The van der Waals surface area contributed by atoms with Crippen molar-refractivity contribution in [2.75, 3.05) is 12.4 Å². The van der Waals surface area contributed by atoms with Crippen LogP contribution in [0.15, 0.2) is 24.3 Å². The van der Waals surface area contributed by atoms with Crippen LogP contribution in [0, 0.1) is 5.92 Å². The molecule has 0 spiro atoms. The monoisotopic (exact) mass is 290 g/mol. The number of rotatable bonds is 3. The van der Waals surface area contributed by atoms with E-state index in [4.69, 9.17) is 4.74 Å². The Labute approximate surface area is 125 Å². The van der Waals surface area contributed by atoms with Crippen molar-refractivity contribution in [1.29, 1.82) is 0 Å². The molecule has 0 heterocycles. The zero-order chi connectivity index (χ0) is 15.2. The zero-order valence-corrected chi connectivity index (χ0v) is 12.5. The van der Waals surface area contributed by atoms with Gasteiger partial charge in [-0.05, 0) is 30.9 Å². The second-order valence-electron chi connectivity index (χ2n) is 5.50. The van der Waals surface area contributed by atoms with Gasteiger partial charge in [-0.1, -0.05) is 31.9 Å². The normalized spacial score (nSPS) is 21.4. The number of anilines is 1. The number of para-hydroxylation sites is 2. The second kappa shape index (κ2) is 7.11. The van der Waals surface area contributed by atoms with Crippen molar-refractivity contribution in [2.24, 2.45) is 5.92 Å². The predicted molar refractivity (Wildman–Crippen MR) is 81.2 cm³/mol. The third-order valence-corrected chi connectivity index (χ3v) is 3.99. The SMILES string of the molecule is COc1ccccc1NC(=O)C(=O)NC1CCCCC1C. The average molecular weight is 290 g/mol. The molecule has 2 atom stereocenters. The van der Waals surface area contributed by atoms with Gasteiger partial charge in [-0.3, -0.25) is 9.59 Å². The molecule has 21 heavy (non-hydrogen) atoms. The number of ether oxygens (including phenoxy) is 1. The Morgan fingerprint density at radius 3 is 2.57 bits per heavy atom. The van der Waals surface area contributed by atoms with E-state index >= 15 is 0 Å². The lowest BCUT2D eigenvalue weighted by molar-refractivity contribution is -0.137. The first-order valence-corrected chi connectivity index (χ1v) is 7.36. The number of carbonyl (C=O) groups excluding carboxylic acids is 2. The number of methoxy groups -OCH3 is 1. The first-order valence-electron chi connectivity index (χ1n) is 7.36. The van der Waals surface area contributed by atoms with Crippen molar-refractivity contribution in [1.82, 2.24) is 5.32 Å². The van der Waals surface area contributed by atoms with Crippen molar-refractivity contribution < 1.29 is 14.3 Å². The maximum Gasteiger partial charge on any atom is 0.313 e. The minimum atomic E-state index is -0.655. The van der Waals surface area contributed by atoms with Gasteiger partial charge >= 0.3 is 11.8 Å². The third-order valence-electron chi connectivity index (χ3n) is 3.99. The molecule has 114 valence electrons. The van der Waals surface area contributed by atoms with Crippen LogP contribution < -0.4 is 15.4 Å². The molecule has 1 saturated carbocycles. The van der Waals surface area contributed by atoms with Crippen molar-refractivity contribution >= 4 is 17.5 Å². The van der Waals surface area contributed by atoms with E-state index in [1.807, 2.05) is 0 Å². The molecule has 1 fully saturated rings. The van der Waals surface area contributed by atoms with Crippen molar-refractivity contribution in [3.05, 3.63) is 24.3 Å². The topological polar surface area (TPSA) is 67.4 Å². The molecule has 1 aromatic rings. The number of benzene rings is 1. The van der Waals surface area contributed by atoms with Crippen LogP contribution in [-0.2, 0) is 9.59 Å². The Morgan fingerprint density at radius 1 is 1.14 bits per heavy atom. The van der Waals surface area contributed by atoms with Gasteiger partial charge in [-0.25, -0.2) is 0 Å². The minimum Gasteiger partial charge on any atom is -0.495 e. The summed E-state index contributed by atoms with van der Waals surface area (Å²) < 4.78 is 5.15. The fraction of sp³-hybridized carbons (Fsp3) is 0.500. The summed E-state index contributed by atoms with van der Waals surface area (Å²) >= 11 is 0. The van der Waals surface area contributed by atoms with Crippen LogP contribution in [0.3, 0.4) is 0 Å². The van der Waals surface area contributed by atoms with Crippen LogP contribution in [-0.4, -0.2) is 25.0 Å². The van der Waals surface area contributed by atoms with E-state index < -0.39 is 11.8 Å². The summed E-state index contributed by atoms with van der Waals surface area (Å²) in [6, 6.07) is 7.11. The molecule has 5 nitrogen and oxygen atoms in total. The zero-order valence-electron chi connectivity index (χ0n) is 12.5. The summed E-state index contributed by atoms with van der Waals surface area (Å²) in [4.78, 5) is 24.0. The lowest BCUT2D eigenvalue weighted by atomic mass is 9.86. The van der Waals surface area contributed by atoms with Crippen LogP contribution in [0.4, 0.5) is 5.69 Å². The van der Waals surface area contributed by atoms with Gasteiger partial charge in [0.1, 0.15) is 5.75 Å². The summed E-state index contributed by atoms with van der Waals surface area (Å²) in [5.74, 6) is -0.289. The maximum atomic E-state index is 12.0. The van der Waals surface area contributed by atoms with Gasteiger partial charge in [0.2, 0.25) is 0 Å².